The number of alkyl halides is 3. The second kappa shape index (κ2) is 45.2. The Balaban J connectivity index is 0.000000129. The van der Waals surface area contributed by atoms with E-state index in [1.54, 1.807) is 53.4 Å². The molecule has 33 heteroatoms. The van der Waals surface area contributed by atoms with Crippen LogP contribution in [0, 0.1) is 0 Å². The number of aromatic nitrogens is 8. The summed E-state index contributed by atoms with van der Waals surface area (Å²) in [5.74, 6) is 0.745. The summed E-state index contributed by atoms with van der Waals surface area (Å²) < 4.78 is 50.6. The van der Waals surface area contributed by atoms with Crippen molar-refractivity contribution in [3.05, 3.63) is 268 Å². The molecule has 8 aromatic carbocycles. The van der Waals surface area contributed by atoms with Crippen LogP contribution in [0.3, 0.4) is 0 Å². The number of hydrogen-bond donors (Lipinski definition) is 3. The van der Waals surface area contributed by atoms with Gasteiger partial charge in [0.2, 0.25) is 23.6 Å². The summed E-state index contributed by atoms with van der Waals surface area (Å²) in [5, 5.41) is 20.8. The Labute approximate surface area is 855 Å². The molecule has 5 saturated heterocycles. The van der Waals surface area contributed by atoms with Gasteiger partial charge in [-0.1, -0.05) is 167 Å². The number of piperazine rings is 1. The van der Waals surface area contributed by atoms with Gasteiger partial charge in [-0.15, -0.1) is 0 Å². The number of nitrogens with one attached hydrogen (secondary N) is 2. The van der Waals surface area contributed by atoms with Crippen molar-refractivity contribution in [2.24, 2.45) is 0 Å². The van der Waals surface area contributed by atoms with E-state index in [1.807, 2.05) is 81.6 Å². The number of likely N-dealkylation sites (tertiary alicyclic amines) is 2. The summed E-state index contributed by atoms with van der Waals surface area (Å²) in [6, 6.07) is 43.6. The average molecular weight is 2060 g/mol. The largest absolute Gasteiger partial charge is 0.417 e. The number of hydrogen-bond acceptors (Lipinski definition) is 14. The lowest BCUT2D eigenvalue weighted by atomic mass is 9.93. The van der Waals surface area contributed by atoms with Crippen LogP contribution in [0.25, 0.3) is 60.9 Å². The third-order valence-electron chi connectivity index (χ3n) is 29.3. The van der Waals surface area contributed by atoms with E-state index in [2.05, 4.69) is 160 Å². The van der Waals surface area contributed by atoms with E-state index in [1.165, 1.54) is 29.5 Å². The molecular weight excluding hydrogens is 1940 g/mol. The smallest absolute Gasteiger partial charge is 0.395 e. The van der Waals surface area contributed by atoms with Crippen LogP contribution in [0.2, 0.25) is 40.2 Å². The van der Waals surface area contributed by atoms with Crippen LogP contribution in [0.5, 0.6) is 0 Å². The summed E-state index contributed by atoms with van der Waals surface area (Å²) in [6.07, 6.45) is 22.1. The molecule has 5 fully saturated rings. The van der Waals surface area contributed by atoms with Crippen LogP contribution in [-0.2, 0) is 25.4 Å². The molecule has 738 valence electrons. The van der Waals surface area contributed by atoms with Crippen LogP contribution < -0.4 is 15.5 Å². The third-order valence-corrected chi connectivity index (χ3v) is 31.5. The molecule has 140 heavy (non-hydrogen) atoms. The van der Waals surface area contributed by atoms with Crippen molar-refractivity contribution in [3.8, 4) is 0 Å². The summed E-state index contributed by atoms with van der Waals surface area (Å²) in [6.45, 7) is 20.5. The first-order valence-corrected chi connectivity index (χ1v) is 51.8. The lowest BCUT2D eigenvalue weighted by molar-refractivity contribution is -0.138. The highest BCUT2D eigenvalue weighted by Crippen LogP contribution is 2.44. The number of carbonyl (C=O) groups excluding carboxylic acids is 4. The van der Waals surface area contributed by atoms with Crippen molar-refractivity contribution in [1.29, 1.82) is 0 Å². The maximum absolute atomic E-state index is 14.1. The van der Waals surface area contributed by atoms with Crippen LogP contribution in [0.15, 0.2) is 183 Å². The molecule has 8 aliphatic heterocycles. The number of benzene rings is 8. The number of carbonyl (C=O) groups is 4. The Morgan fingerprint density at radius 1 is 0.421 bits per heavy atom. The van der Waals surface area contributed by atoms with Crippen molar-refractivity contribution < 1.29 is 37.5 Å². The van der Waals surface area contributed by atoms with Crippen LogP contribution in [-0.4, -0.2) is 232 Å². The highest BCUT2D eigenvalue weighted by Gasteiger charge is 2.40. The highest BCUT2D eigenvalue weighted by atomic mass is 35.5. The second-order valence-corrected chi connectivity index (χ2v) is 41.3. The van der Waals surface area contributed by atoms with Crippen molar-refractivity contribution in [1.82, 2.24) is 78.2 Å². The van der Waals surface area contributed by atoms with Crippen molar-refractivity contribution in [2.45, 2.75) is 185 Å². The molecule has 20 rings (SSSR count). The van der Waals surface area contributed by atoms with Gasteiger partial charge < -0.3 is 58.5 Å². The molecule has 4 aromatic heterocycles. The zero-order chi connectivity index (χ0) is 98.5. The second-order valence-electron chi connectivity index (χ2n) is 38.0. The molecule has 12 heterocycles. The number of rotatable bonds is 18. The number of anilines is 1. The molecule has 0 saturated carbocycles. The fourth-order valence-electron chi connectivity index (χ4n) is 21.2. The highest BCUT2D eigenvalue weighted by molar-refractivity contribution is 6.37. The van der Waals surface area contributed by atoms with Gasteiger partial charge in [-0.05, 0) is 297 Å². The van der Waals surface area contributed by atoms with E-state index in [0.717, 1.165) is 202 Å². The topological polar surface area (TPSA) is 207 Å². The fourth-order valence-corrected chi connectivity index (χ4v) is 23.5. The number of aliphatic hydroxyl groups is 1. The Bertz CT molecular complexity index is 6640. The van der Waals surface area contributed by atoms with Gasteiger partial charge in [-0.2, -0.15) is 13.2 Å². The van der Waals surface area contributed by atoms with Crippen molar-refractivity contribution >= 4 is 183 Å². The molecule has 0 bridgehead atoms. The Hall–Kier alpha value is -9.55. The average Bonchev–Trinajstić information content (AvgIpc) is 1.57. The summed E-state index contributed by atoms with van der Waals surface area (Å²) >= 11 is 50.2. The molecule has 12 aromatic rings. The number of β-amino-alcohol motifs (C(OH)–C–C–N with tert-alkyl or cyclic N) is 1. The van der Waals surface area contributed by atoms with E-state index in [-0.39, 0.29) is 102 Å². The summed E-state index contributed by atoms with van der Waals surface area (Å²) in [5.41, 5.74) is 16.7. The maximum atomic E-state index is 14.1. The van der Waals surface area contributed by atoms with Gasteiger partial charge in [0.15, 0.2) is 0 Å². The van der Waals surface area contributed by atoms with Crippen LogP contribution >= 0.6 is 92.8 Å². The number of halogens is 11. The predicted octanol–water partition coefficient (Wildman–Crippen LogP) is 22.9. The monoisotopic (exact) mass is 2060 g/mol. The Morgan fingerprint density at radius 2 is 0.829 bits per heavy atom. The quantitative estimate of drug-likeness (QED) is 0.0731. The Morgan fingerprint density at radius 3 is 1.26 bits per heavy atom. The number of likely N-dealkylation sites (N-methyl/N-ethyl adjacent to an activating group) is 1. The molecular formula is C107H118Cl8F3N17O5. The molecule has 4 unspecified atom stereocenters. The molecule has 22 nitrogen and oxygen atoms in total. The molecule has 4 amide bonds. The van der Waals surface area contributed by atoms with Gasteiger partial charge in [-0.25, -0.2) is 19.9 Å². The minimum absolute atomic E-state index is 0.000764. The van der Waals surface area contributed by atoms with E-state index in [9.17, 15) is 37.5 Å². The zero-order valence-electron chi connectivity index (χ0n) is 79.5. The molecule has 3 N–H and O–H groups in total. The van der Waals surface area contributed by atoms with E-state index < -0.39 is 11.7 Å². The first kappa shape index (κ1) is 102. The summed E-state index contributed by atoms with van der Waals surface area (Å²) in [7, 11) is 2.07. The lowest BCUT2D eigenvalue weighted by Crippen LogP contribution is -2.58. The van der Waals surface area contributed by atoms with Gasteiger partial charge in [0.05, 0.1) is 130 Å². The van der Waals surface area contributed by atoms with Gasteiger partial charge in [0.25, 0.3) is 0 Å². The number of amides is 4. The minimum Gasteiger partial charge on any atom is -0.395 e. The third kappa shape index (κ3) is 22.8. The number of imidazole rings is 4. The number of fused-ring (bicyclic) bond motifs is 4. The van der Waals surface area contributed by atoms with Crippen molar-refractivity contribution in [2.75, 3.05) is 110 Å². The standard InChI is InChI=1S/C28H32Cl2N4O2.C27H30Cl2N4O.C26H25Cl2F3N4O.C26H31Cl2N5O/c1-19(23-7-6-22(29)17-24(23)30)34-18-31-25-8-5-21(16-27(25)34)20-9-12-33(13-10-20)28(36)26-4-2-3-11-32(26)14-15-35;1-18(22-8-7-21(28)16-23(22)29)33-17-30-24-9-6-20(15-26(24)33)19-10-13-32(14-11-19)27(34)25-5-3-4-12-31(25)2;1-15(18-5-4-17(27)11-21(18)28)35-14-33-23-13-20(26(29,30)31)19(12-24(23)35)16-6-9-34(10-7-16)25(36)22-3-2-8-32-22;1-17-15-31(26(34)24-5-3-4-10-29-24)11-12-32(17)20-7-9-23-25(14-20)33(16-30-23)18(2)21-8-6-19(27)13-22(21)28/h5-9,16-19,26,35H,2-4,10-15H2,1H3;6-10,15-18,25H,3-5,11-14H2,1-2H3;4-6,11-15,22,32H,2-3,7-10H2,1H3;6-9,13-14,16-18,24,29H,3-5,10-12,15H2,1-2H3/t19?,26-;18?,25-;15?,22-;17-,18?,24-/m1111/s1. The predicted molar refractivity (Wildman–Crippen MR) is 559 cm³/mol. The van der Waals surface area contributed by atoms with Crippen LogP contribution in [0.1, 0.15) is 193 Å². The number of aliphatic hydroxyl groups excluding tert-OH is 1. The number of nitrogens with zero attached hydrogens (tertiary/aromatic N) is 15. The van der Waals surface area contributed by atoms with E-state index >= 15 is 0 Å². The van der Waals surface area contributed by atoms with E-state index in [0.29, 0.717) is 90.4 Å². The molecule has 0 spiro atoms. The normalized spacial score (nSPS) is 20.5. The lowest BCUT2D eigenvalue weighted by Gasteiger charge is -2.42. The van der Waals surface area contributed by atoms with Gasteiger partial charge >= 0.3 is 6.18 Å². The van der Waals surface area contributed by atoms with Gasteiger partial charge in [0, 0.05) is 117 Å². The first-order chi connectivity index (χ1) is 67.4. The Kier molecular flexibility index (Phi) is 32.9. The zero-order valence-corrected chi connectivity index (χ0v) is 85.5. The van der Waals surface area contributed by atoms with Gasteiger partial charge in [0.1, 0.15) is 0 Å². The minimum atomic E-state index is -4.54. The molecule has 0 radical (unpaired) electrons. The summed E-state index contributed by atoms with van der Waals surface area (Å²) in [4.78, 5) is 84.7. The molecule has 0 aliphatic carbocycles. The fraction of sp³-hybridized carbons (Fsp3) is 0.421. The number of piperidine rings is 3. The van der Waals surface area contributed by atoms with Gasteiger partial charge in [-0.3, -0.25) is 29.0 Å². The van der Waals surface area contributed by atoms with Crippen molar-refractivity contribution in [3.63, 3.8) is 0 Å². The maximum Gasteiger partial charge on any atom is 0.417 e. The first-order valence-electron chi connectivity index (χ1n) is 48.7. The molecule has 9 atom stereocenters. The van der Waals surface area contributed by atoms with E-state index in [4.69, 9.17) is 92.8 Å². The molecule has 8 aliphatic rings. The SMILES string of the molecule is CC(c1ccc(Cl)cc1Cl)n1cnc2cc(C(F)(F)F)c(C3=CCN(C(=O)[C@H]4CCCN4)CC3)cc21.CC(c1ccc(Cl)cc1Cl)n1cnc2ccc(C3=CCN(C(=O)[C@H]4CCCCN4C)CC3)cc21.CC(c1ccc(Cl)cc1Cl)n1cnc2ccc(C3=CCN(C(=O)[C@H]4CCCCN4CCO)CC3)cc21.CC(c1ccc(Cl)cc1Cl)n1cnc2ccc(N3CCN(C(=O)[C@H]4CCCCN4)C[C@H]3C)cc21. The van der Waals surface area contributed by atoms with Crippen LogP contribution in [0.4, 0.5) is 18.9 Å².